The lowest BCUT2D eigenvalue weighted by Gasteiger charge is -2.38. The number of benzene rings is 2. The number of anilines is 1. The number of aromatic nitrogens is 2. The first-order chi connectivity index (χ1) is 18.9. The quantitative estimate of drug-likeness (QED) is 0.522. The van der Waals surface area contributed by atoms with Crippen LogP contribution in [0.2, 0.25) is 0 Å². The van der Waals surface area contributed by atoms with E-state index in [0.717, 1.165) is 29.5 Å². The van der Waals surface area contributed by atoms with Crippen molar-refractivity contribution in [2.45, 2.75) is 45.4 Å². The summed E-state index contributed by atoms with van der Waals surface area (Å²) < 4.78 is 22.4. The lowest BCUT2D eigenvalue weighted by atomic mass is 10.0. The van der Waals surface area contributed by atoms with E-state index in [1.54, 1.807) is 30.2 Å². The van der Waals surface area contributed by atoms with Crippen LogP contribution in [-0.2, 0) is 16.1 Å². The monoisotopic (exact) mass is 551 g/mol. The molecule has 2 atom stereocenters. The number of aryl methyl sites for hydroxylation is 1. The minimum Gasteiger partial charge on any atom is -0.493 e. The van der Waals surface area contributed by atoms with Crippen LogP contribution >= 0.6 is 11.5 Å². The second-order valence-electron chi connectivity index (χ2n) is 9.72. The van der Waals surface area contributed by atoms with Crippen molar-refractivity contribution >= 4 is 28.5 Å². The van der Waals surface area contributed by atoms with Crippen molar-refractivity contribution in [2.24, 2.45) is 0 Å². The van der Waals surface area contributed by atoms with Gasteiger partial charge in [-0.25, -0.2) is 4.98 Å². The molecule has 2 aliphatic rings. The Morgan fingerprint density at radius 1 is 1.21 bits per heavy atom. The Hall–Kier alpha value is -3.70. The molecule has 3 heterocycles. The van der Waals surface area contributed by atoms with Crippen molar-refractivity contribution in [1.82, 2.24) is 19.6 Å². The first-order valence-electron chi connectivity index (χ1n) is 13.1. The molecule has 2 aliphatic heterocycles. The number of hydrogen-bond acceptors (Lipinski definition) is 9. The van der Waals surface area contributed by atoms with Gasteiger partial charge in [0.05, 0.1) is 32.4 Å². The first-order valence-corrected chi connectivity index (χ1v) is 13.9. The Morgan fingerprint density at radius 3 is 2.85 bits per heavy atom. The Kier molecular flexibility index (Phi) is 8.27. The molecule has 39 heavy (non-hydrogen) atoms. The van der Waals surface area contributed by atoms with Gasteiger partial charge in [0.15, 0.2) is 11.5 Å². The summed E-state index contributed by atoms with van der Waals surface area (Å²) in [5.74, 6) is 1.82. The van der Waals surface area contributed by atoms with Crippen molar-refractivity contribution in [1.29, 1.82) is 0 Å². The van der Waals surface area contributed by atoms with Gasteiger partial charge in [-0.2, -0.15) is 4.37 Å². The van der Waals surface area contributed by atoms with E-state index in [9.17, 15) is 9.59 Å². The minimum absolute atomic E-state index is 0.0452. The number of carbonyl (C=O) groups is 2. The maximum Gasteiger partial charge on any atom is 0.254 e. The van der Waals surface area contributed by atoms with Gasteiger partial charge in [0.1, 0.15) is 11.6 Å². The van der Waals surface area contributed by atoms with Gasteiger partial charge >= 0.3 is 0 Å². The van der Waals surface area contributed by atoms with Crippen LogP contribution in [0.3, 0.4) is 0 Å². The fourth-order valence-corrected chi connectivity index (χ4v) is 5.60. The minimum atomic E-state index is -0.285. The number of ether oxygens (including phenoxy) is 3. The molecule has 1 aromatic heterocycles. The van der Waals surface area contributed by atoms with E-state index >= 15 is 0 Å². The second kappa shape index (κ2) is 12.0. The SMILES string of the molecule is CCCN1CC(=O)N[C@H]2CCN(c3nc(C)ns3)C[C@@H]2OCc2cccc(c2)Oc2cc(ccc2OC)C1=O. The number of rotatable bonds is 4. The number of piperidine rings is 1. The predicted octanol–water partition coefficient (Wildman–Crippen LogP) is 3.79. The van der Waals surface area contributed by atoms with E-state index in [0.29, 0.717) is 48.9 Å². The molecular weight excluding hydrogens is 518 g/mol. The largest absolute Gasteiger partial charge is 0.493 e. The highest BCUT2D eigenvalue weighted by Gasteiger charge is 2.33. The van der Waals surface area contributed by atoms with Crippen LogP contribution in [0.5, 0.6) is 17.2 Å². The molecule has 11 heteroatoms. The molecule has 1 fully saturated rings. The number of hydrogen-bond donors (Lipinski definition) is 1. The van der Waals surface area contributed by atoms with Gasteiger partial charge in [-0.1, -0.05) is 19.1 Å². The molecule has 206 valence electrons. The lowest BCUT2D eigenvalue weighted by Crippen LogP contribution is -2.56. The molecule has 1 N–H and O–H groups in total. The van der Waals surface area contributed by atoms with Gasteiger partial charge in [-0.05, 0) is 55.7 Å². The molecule has 0 spiro atoms. The smallest absolute Gasteiger partial charge is 0.254 e. The molecule has 3 aromatic rings. The average Bonchev–Trinajstić information content (AvgIpc) is 3.37. The van der Waals surface area contributed by atoms with Crippen molar-refractivity contribution in [3.63, 3.8) is 0 Å². The van der Waals surface area contributed by atoms with Gasteiger partial charge in [-0.15, -0.1) is 0 Å². The third-order valence-corrected chi connectivity index (χ3v) is 7.68. The Labute approximate surface area is 232 Å². The lowest BCUT2D eigenvalue weighted by molar-refractivity contribution is -0.124. The van der Waals surface area contributed by atoms with E-state index in [-0.39, 0.29) is 30.5 Å². The van der Waals surface area contributed by atoms with Gasteiger partial charge in [0.2, 0.25) is 11.0 Å². The zero-order chi connectivity index (χ0) is 27.4. The van der Waals surface area contributed by atoms with Crippen LogP contribution in [0, 0.1) is 6.92 Å². The van der Waals surface area contributed by atoms with E-state index in [1.807, 2.05) is 38.1 Å². The molecule has 1 saturated heterocycles. The fourth-order valence-electron chi connectivity index (χ4n) is 4.89. The maximum absolute atomic E-state index is 13.5. The summed E-state index contributed by atoms with van der Waals surface area (Å²) >= 11 is 1.36. The Bertz CT molecular complexity index is 1330. The number of methoxy groups -OCH3 is 1. The predicted molar refractivity (Wildman–Crippen MR) is 148 cm³/mol. The van der Waals surface area contributed by atoms with Gasteiger partial charge in [0, 0.05) is 36.7 Å². The molecule has 5 rings (SSSR count). The molecule has 0 aliphatic carbocycles. The Morgan fingerprint density at radius 2 is 2.08 bits per heavy atom. The van der Waals surface area contributed by atoms with E-state index in [4.69, 9.17) is 14.2 Å². The summed E-state index contributed by atoms with van der Waals surface area (Å²) in [6, 6.07) is 12.5. The third-order valence-electron chi connectivity index (χ3n) is 6.81. The number of amides is 2. The van der Waals surface area contributed by atoms with E-state index < -0.39 is 0 Å². The standard InChI is InChI=1S/C28H33N5O5S/c1-4-11-32-16-26(34)30-22-10-12-33(28-29-18(2)31-39-28)15-25(22)37-17-19-6-5-7-21(13-19)38-24-14-20(27(32)35)8-9-23(24)36-3/h5-9,13-14,22,25H,4,10-12,15-17H2,1-3H3,(H,30,34)/t22-,25-/m0/s1. The molecule has 0 radical (unpaired) electrons. The van der Waals surface area contributed by atoms with Gasteiger partial charge < -0.3 is 29.3 Å². The molecule has 4 bridgehead atoms. The Balaban J connectivity index is 1.47. The highest BCUT2D eigenvalue weighted by atomic mass is 32.1. The highest BCUT2D eigenvalue weighted by Crippen LogP contribution is 2.33. The molecule has 0 unspecified atom stereocenters. The van der Waals surface area contributed by atoms with Gasteiger partial charge in [-0.3, -0.25) is 9.59 Å². The van der Waals surface area contributed by atoms with Gasteiger partial charge in [0.25, 0.3) is 5.91 Å². The fraction of sp³-hybridized carbons (Fsp3) is 0.429. The van der Waals surface area contributed by atoms with Crippen molar-refractivity contribution in [2.75, 3.05) is 38.2 Å². The first kappa shape index (κ1) is 26.9. The van der Waals surface area contributed by atoms with Crippen LogP contribution in [0.4, 0.5) is 5.13 Å². The number of fused-ring (bicyclic) bond motifs is 5. The summed E-state index contributed by atoms with van der Waals surface area (Å²) in [4.78, 5) is 35.0. The van der Waals surface area contributed by atoms with Crippen LogP contribution in [0.25, 0.3) is 0 Å². The number of nitrogens with zero attached hydrogens (tertiary/aromatic N) is 4. The summed E-state index contributed by atoms with van der Waals surface area (Å²) in [7, 11) is 1.56. The molecule has 0 saturated carbocycles. The van der Waals surface area contributed by atoms with Crippen LogP contribution in [-0.4, -0.2) is 71.5 Å². The molecule has 10 nitrogen and oxygen atoms in total. The van der Waals surface area contributed by atoms with E-state index in [2.05, 4.69) is 19.6 Å². The van der Waals surface area contributed by atoms with Crippen molar-refractivity contribution in [3.05, 3.63) is 59.4 Å². The third kappa shape index (κ3) is 6.31. The maximum atomic E-state index is 13.5. The highest BCUT2D eigenvalue weighted by molar-refractivity contribution is 7.09. The van der Waals surface area contributed by atoms with Crippen LogP contribution in [0.1, 0.15) is 41.5 Å². The average molecular weight is 552 g/mol. The summed E-state index contributed by atoms with van der Waals surface area (Å²) in [6.45, 7) is 5.88. The number of carbonyl (C=O) groups excluding carboxylic acids is 2. The van der Waals surface area contributed by atoms with Crippen molar-refractivity contribution < 1.29 is 23.8 Å². The number of nitrogens with one attached hydrogen (secondary N) is 1. The summed E-state index contributed by atoms with van der Waals surface area (Å²) in [6.07, 6.45) is 1.12. The normalized spacial score (nSPS) is 20.2. The topological polar surface area (TPSA) is 106 Å². The summed E-state index contributed by atoms with van der Waals surface area (Å²) in [5, 5.41) is 4.00. The summed E-state index contributed by atoms with van der Waals surface area (Å²) in [5.41, 5.74) is 1.35. The van der Waals surface area contributed by atoms with Crippen LogP contribution in [0.15, 0.2) is 42.5 Å². The zero-order valence-corrected chi connectivity index (χ0v) is 23.2. The molecular formula is C28H33N5O5S. The second-order valence-corrected chi connectivity index (χ2v) is 10.5. The zero-order valence-electron chi connectivity index (χ0n) is 22.4. The van der Waals surface area contributed by atoms with Crippen molar-refractivity contribution in [3.8, 4) is 17.2 Å². The molecule has 2 amide bonds. The molecule has 2 aromatic carbocycles. The van der Waals surface area contributed by atoms with E-state index in [1.165, 1.54) is 11.5 Å². The van der Waals surface area contributed by atoms with Crippen LogP contribution < -0.4 is 19.7 Å².